The molecular weight excluding hydrogens is 485 g/mol. The van der Waals surface area contributed by atoms with Crippen LogP contribution in [-0.2, 0) is 14.8 Å². The Morgan fingerprint density at radius 2 is 1.64 bits per heavy atom. The number of hydrogen-bond acceptors (Lipinski definition) is 6. The molecule has 1 fully saturated rings. The number of sulfonamides is 1. The van der Waals surface area contributed by atoms with Crippen molar-refractivity contribution >= 4 is 15.9 Å². The highest BCUT2D eigenvalue weighted by Crippen LogP contribution is 2.38. The van der Waals surface area contributed by atoms with Crippen molar-refractivity contribution in [2.75, 3.05) is 52.5 Å². The molecule has 36 heavy (non-hydrogen) atoms. The maximum absolute atomic E-state index is 15.0. The first-order valence-corrected chi connectivity index (χ1v) is 13.6. The summed E-state index contributed by atoms with van der Waals surface area (Å²) < 4.78 is 54.2. The fourth-order valence-corrected chi connectivity index (χ4v) is 6.81. The number of fused-ring (bicyclic) bond motifs is 1. The van der Waals surface area contributed by atoms with Crippen LogP contribution in [0.1, 0.15) is 17.9 Å². The maximum atomic E-state index is 15.0. The van der Waals surface area contributed by atoms with Gasteiger partial charge in [-0.2, -0.15) is 4.31 Å². The second-order valence-corrected chi connectivity index (χ2v) is 11.8. The second-order valence-electron chi connectivity index (χ2n) is 9.90. The molecule has 4 heterocycles. The Bertz CT molecular complexity index is 1310. The quantitative estimate of drug-likeness (QED) is 0.596. The van der Waals surface area contributed by atoms with E-state index < -0.39 is 21.6 Å². The third kappa shape index (κ3) is 4.16. The number of hydrogen-bond donors (Lipinski definition) is 1. The van der Waals surface area contributed by atoms with Gasteiger partial charge in [-0.1, -0.05) is 30.3 Å². The largest absolute Gasteiger partial charge is 0.486 e. The Kier molecular flexibility index (Phi) is 5.77. The summed E-state index contributed by atoms with van der Waals surface area (Å²) in [5.74, 6) is 0.284. The molecule has 1 amide bonds. The lowest BCUT2D eigenvalue weighted by Crippen LogP contribution is -2.57. The van der Waals surface area contributed by atoms with Crippen LogP contribution in [0.4, 0.5) is 4.39 Å². The minimum Gasteiger partial charge on any atom is -0.486 e. The van der Waals surface area contributed by atoms with E-state index in [0.717, 1.165) is 16.7 Å². The van der Waals surface area contributed by atoms with E-state index in [1.807, 2.05) is 30.3 Å². The SMILES string of the molecule is O=C(C(CC1(F)CNC1)c1ccccc1)N1CC2=C(C1)CN(S(=O)(=O)c1ccc3c(c1)OCCO3)C2. The minimum absolute atomic E-state index is 0.110. The van der Waals surface area contributed by atoms with Gasteiger partial charge in [0.1, 0.15) is 18.9 Å². The monoisotopic (exact) mass is 513 g/mol. The summed E-state index contributed by atoms with van der Waals surface area (Å²) in [6, 6.07) is 14.0. The summed E-state index contributed by atoms with van der Waals surface area (Å²) >= 11 is 0. The molecule has 10 heteroatoms. The lowest BCUT2D eigenvalue weighted by atomic mass is 9.83. The van der Waals surface area contributed by atoms with Gasteiger partial charge in [-0.15, -0.1) is 0 Å². The molecule has 4 aliphatic heterocycles. The molecule has 2 aromatic carbocycles. The number of nitrogens with one attached hydrogen (secondary N) is 1. The lowest BCUT2D eigenvalue weighted by molar-refractivity contribution is -0.133. The normalized spacial score (nSPS) is 21.8. The zero-order valence-electron chi connectivity index (χ0n) is 19.8. The van der Waals surface area contributed by atoms with Crippen LogP contribution in [0.15, 0.2) is 64.6 Å². The number of carbonyl (C=O) groups excluding carboxylic acids is 1. The number of carbonyl (C=O) groups is 1. The molecule has 2 aromatic rings. The average Bonchev–Trinajstić information content (AvgIpc) is 3.46. The van der Waals surface area contributed by atoms with Crippen molar-refractivity contribution in [3.8, 4) is 11.5 Å². The molecule has 4 aliphatic rings. The molecule has 0 aliphatic carbocycles. The van der Waals surface area contributed by atoms with Crippen LogP contribution < -0.4 is 14.8 Å². The molecule has 6 rings (SSSR count). The van der Waals surface area contributed by atoms with E-state index in [1.54, 1.807) is 11.0 Å². The molecule has 0 aromatic heterocycles. The van der Waals surface area contributed by atoms with Gasteiger partial charge < -0.3 is 19.7 Å². The van der Waals surface area contributed by atoms with Gasteiger partial charge in [0, 0.05) is 45.3 Å². The van der Waals surface area contributed by atoms with E-state index >= 15 is 4.39 Å². The van der Waals surface area contributed by atoms with Crippen LogP contribution in [0.25, 0.3) is 0 Å². The molecule has 0 bridgehead atoms. The Hall–Kier alpha value is -2.95. The number of benzene rings is 2. The summed E-state index contributed by atoms with van der Waals surface area (Å²) in [6.07, 6.45) is 0.134. The van der Waals surface area contributed by atoms with Crippen molar-refractivity contribution in [3.63, 3.8) is 0 Å². The van der Waals surface area contributed by atoms with Gasteiger partial charge in [0.2, 0.25) is 15.9 Å². The highest BCUT2D eigenvalue weighted by Gasteiger charge is 2.44. The highest BCUT2D eigenvalue weighted by molar-refractivity contribution is 7.89. The van der Waals surface area contributed by atoms with Crippen molar-refractivity contribution in [2.45, 2.75) is 22.9 Å². The number of ether oxygens (including phenoxy) is 2. The van der Waals surface area contributed by atoms with Crippen molar-refractivity contribution in [3.05, 3.63) is 65.2 Å². The zero-order valence-corrected chi connectivity index (χ0v) is 20.6. The van der Waals surface area contributed by atoms with Gasteiger partial charge >= 0.3 is 0 Å². The van der Waals surface area contributed by atoms with Gasteiger partial charge in [-0.3, -0.25) is 4.79 Å². The number of halogens is 1. The number of nitrogens with zero attached hydrogens (tertiary/aromatic N) is 2. The summed E-state index contributed by atoms with van der Waals surface area (Å²) in [5, 5.41) is 2.96. The fourth-order valence-electron chi connectivity index (χ4n) is 5.36. The Morgan fingerprint density at radius 3 is 2.28 bits per heavy atom. The van der Waals surface area contributed by atoms with Crippen molar-refractivity contribution in [1.29, 1.82) is 0 Å². The van der Waals surface area contributed by atoms with E-state index in [1.165, 1.54) is 16.4 Å². The Morgan fingerprint density at radius 1 is 0.972 bits per heavy atom. The highest BCUT2D eigenvalue weighted by atomic mass is 32.2. The summed E-state index contributed by atoms with van der Waals surface area (Å²) in [7, 11) is -3.73. The van der Waals surface area contributed by atoms with Crippen LogP contribution in [0.2, 0.25) is 0 Å². The molecular formula is C26H28FN3O5S. The van der Waals surface area contributed by atoms with Gasteiger partial charge in [-0.25, -0.2) is 12.8 Å². The van der Waals surface area contributed by atoms with Crippen molar-refractivity contribution in [1.82, 2.24) is 14.5 Å². The lowest BCUT2D eigenvalue weighted by Gasteiger charge is -2.38. The first kappa shape index (κ1) is 23.4. The predicted octanol–water partition coefficient (Wildman–Crippen LogP) is 2.09. The molecule has 1 atom stereocenters. The maximum Gasteiger partial charge on any atom is 0.243 e. The zero-order chi connectivity index (χ0) is 24.9. The van der Waals surface area contributed by atoms with Gasteiger partial charge in [0.05, 0.1) is 10.8 Å². The molecule has 8 nitrogen and oxygen atoms in total. The molecule has 1 N–H and O–H groups in total. The summed E-state index contributed by atoms with van der Waals surface area (Å²) in [4.78, 5) is 15.5. The van der Waals surface area contributed by atoms with Crippen molar-refractivity contribution < 1.29 is 27.1 Å². The van der Waals surface area contributed by atoms with E-state index in [4.69, 9.17) is 9.47 Å². The van der Waals surface area contributed by atoms with E-state index in [0.29, 0.717) is 37.8 Å². The van der Waals surface area contributed by atoms with E-state index in [9.17, 15) is 13.2 Å². The molecule has 0 spiro atoms. The smallest absolute Gasteiger partial charge is 0.243 e. The van der Waals surface area contributed by atoms with Crippen molar-refractivity contribution in [2.24, 2.45) is 0 Å². The molecule has 190 valence electrons. The van der Waals surface area contributed by atoms with Crippen LogP contribution in [0, 0.1) is 0 Å². The van der Waals surface area contributed by atoms with Crippen LogP contribution in [0.3, 0.4) is 0 Å². The van der Waals surface area contributed by atoms with Crippen LogP contribution in [0.5, 0.6) is 11.5 Å². The Balaban J connectivity index is 1.15. The number of amides is 1. The summed E-state index contributed by atoms with van der Waals surface area (Å²) in [5.41, 5.74) is 1.30. The second kappa shape index (κ2) is 8.86. The third-order valence-corrected chi connectivity index (χ3v) is 9.20. The molecule has 1 unspecified atom stereocenters. The van der Waals surface area contributed by atoms with E-state index in [2.05, 4.69) is 5.32 Å². The van der Waals surface area contributed by atoms with Gasteiger partial charge in [0.25, 0.3) is 0 Å². The third-order valence-electron chi connectivity index (χ3n) is 7.41. The van der Waals surface area contributed by atoms with Crippen LogP contribution >= 0.6 is 0 Å². The first-order chi connectivity index (χ1) is 17.3. The molecule has 0 saturated carbocycles. The topological polar surface area (TPSA) is 88.2 Å². The fraction of sp³-hybridized carbons (Fsp3) is 0.423. The van der Waals surface area contributed by atoms with Crippen LogP contribution in [-0.4, -0.2) is 81.7 Å². The standard InChI is InChI=1S/C26H28FN3O5S/c27-26(16-28-17-26)11-22(18-4-2-1-3-5-18)25(31)29-12-19-14-30(15-20(19)13-29)36(32,33)21-6-7-23-24(10-21)35-9-8-34-23/h1-7,10,22,28H,8-9,11-17H2. The summed E-state index contributed by atoms with van der Waals surface area (Å²) in [6.45, 7) is 2.53. The first-order valence-electron chi connectivity index (χ1n) is 12.2. The van der Waals surface area contributed by atoms with Gasteiger partial charge in [-0.05, 0) is 35.3 Å². The average molecular weight is 514 g/mol. The molecule has 1 saturated heterocycles. The Labute approximate surface area is 209 Å². The minimum atomic E-state index is -3.73. The van der Waals surface area contributed by atoms with Gasteiger partial charge in [0.15, 0.2) is 11.5 Å². The molecule has 0 radical (unpaired) electrons. The number of alkyl halides is 1. The van der Waals surface area contributed by atoms with E-state index in [-0.39, 0.29) is 43.4 Å². The number of rotatable bonds is 6. The predicted molar refractivity (Wildman–Crippen MR) is 130 cm³/mol.